The van der Waals surface area contributed by atoms with E-state index in [0.717, 1.165) is 63.4 Å². The van der Waals surface area contributed by atoms with Gasteiger partial charge in [-0.05, 0) is 96.7 Å². The summed E-state index contributed by atoms with van der Waals surface area (Å²) >= 11 is 0. The number of nitrogens with two attached hydrogens (primary N) is 1. The molecule has 0 spiro atoms. The van der Waals surface area contributed by atoms with Crippen LogP contribution in [0.5, 0.6) is 11.5 Å². The zero-order chi connectivity index (χ0) is 43.9. The van der Waals surface area contributed by atoms with Crippen LogP contribution in [0.3, 0.4) is 0 Å². The number of nitrogens with zero attached hydrogens (tertiary/aromatic N) is 7. The van der Waals surface area contributed by atoms with Crippen LogP contribution in [0.25, 0.3) is 61.0 Å². The van der Waals surface area contributed by atoms with Crippen LogP contribution in [0.1, 0.15) is 45.7 Å². The van der Waals surface area contributed by atoms with Crippen molar-refractivity contribution in [2.75, 3.05) is 24.8 Å². The Labute approximate surface area is 368 Å². The van der Waals surface area contributed by atoms with Crippen LogP contribution in [0.15, 0.2) is 91.4 Å². The smallest absolute Gasteiger partial charge is 0.497 e. The van der Waals surface area contributed by atoms with Crippen molar-refractivity contribution < 1.29 is 28.8 Å². The zero-order valence-corrected chi connectivity index (χ0v) is 35.7. The molecule has 1 saturated carbocycles. The summed E-state index contributed by atoms with van der Waals surface area (Å²) in [7, 11) is -0.690. The minimum Gasteiger partial charge on any atom is -0.497 e. The lowest BCUT2D eigenvalue weighted by atomic mass is 9.75. The van der Waals surface area contributed by atoms with Crippen molar-refractivity contribution in [2.45, 2.75) is 57.7 Å². The molecule has 0 amide bonds. The molecule has 0 bridgehead atoms. The van der Waals surface area contributed by atoms with Crippen molar-refractivity contribution in [3.8, 4) is 50.7 Å². The van der Waals surface area contributed by atoms with Gasteiger partial charge in [0, 0.05) is 51.7 Å². The topological polar surface area (TPSA) is 213 Å². The predicted octanol–water partition coefficient (Wildman–Crippen LogP) is 5.51. The molecule has 18 heteroatoms. The molecule has 16 nitrogen and oxygen atoms in total. The summed E-state index contributed by atoms with van der Waals surface area (Å²) in [6.07, 6.45) is 8.50. The molecular weight excluding hydrogens is 810 g/mol. The molecule has 2 aliphatic heterocycles. The lowest BCUT2D eigenvalue weighted by Crippen LogP contribution is -2.49. The van der Waals surface area contributed by atoms with E-state index < -0.39 is 25.4 Å². The fourth-order valence-electron chi connectivity index (χ4n) is 10.1. The second kappa shape index (κ2) is 15.2. The van der Waals surface area contributed by atoms with E-state index in [-0.39, 0.29) is 5.92 Å². The third-order valence-electron chi connectivity index (χ3n) is 13.3. The van der Waals surface area contributed by atoms with Crippen molar-refractivity contribution in [3.05, 3.63) is 97.1 Å². The van der Waals surface area contributed by atoms with Gasteiger partial charge in [0.15, 0.2) is 0 Å². The number of nitrogens with one attached hydrogen (secondary N) is 2. The van der Waals surface area contributed by atoms with Gasteiger partial charge in [-0.2, -0.15) is 30.6 Å². The van der Waals surface area contributed by atoms with Gasteiger partial charge >= 0.3 is 14.2 Å². The molecular formula is C46H44B2N10O6. The third-order valence-corrected chi connectivity index (χ3v) is 13.3. The van der Waals surface area contributed by atoms with E-state index in [1.807, 2.05) is 59.3 Å². The number of hydrogen-bond donors (Lipinski definition) is 5. The molecule has 3 aliphatic rings. The first-order chi connectivity index (χ1) is 31.0. The number of aromatic amines is 1. The highest BCUT2D eigenvalue weighted by atomic mass is 16.7. The normalized spacial score (nSPS) is 19.1. The van der Waals surface area contributed by atoms with Crippen LogP contribution in [-0.4, -0.2) is 89.6 Å². The molecule has 4 aromatic heterocycles. The van der Waals surface area contributed by atoms with Gasteiger partial charge < -0.3 is 39.9 Å². The Balaban J connectivity index is 0.971. The molecule has 0 unspecified atom stereocenters. The molecule has 6 N–H and O–H groups in total. The molecule has 6 heterocycles. The second-order valence-electron chi connectivity index (χ2n) is 17.3. The maximum absolute atomic E-state index is 10.2. The van der Waals surface area contributed by atoms with E-state index >= 15 is 0 Å². The Bertz CT molecular complexity index is 3140. The molecule has 1 saturated heterocycles. The largest absolute Gasteiger partial charge is 0.498 e. The molecule has 2 atom stereocenters. The highest BCUT2D eigenvalue weighted by molar-refractivity contribution is 6.63. The molecule has 8 aromatic rings. The lowest BCUT2D eigenvalue weighted by molar-refractivity contribution is -0.0438. The quantitative estimate of drug-likeness (QED) is 0.113. The van der Waals surface area contributed by atoms with Crippen molar-refractivity contribution in [1.82, 2.24) is 40.4 Å². The van der Waals surface area contributed by atoms with E-state index in [0.29, 0.717) is 75.2 Å². The number of hydrogen-bond acceptors (Lipinski definition) is 14. The van der Waals surface area contributed by atoms with Crippen LogP contribution in [-0.2, 0) is 15.7 Å². The summed E-state index contributed by atoms with van der Waals surface area (Å²) in [6, 6.07) is 23.1. The first kappa shape index (κ1) is 40.0. The molecule has 1 aliphatic carbocycles. The van der Waals surface area contributed by atoms with Gasteiger partial charge in [0.25, 0.3) is 0 Å². The fraction of sp³-hybridized carbons (Fsp3) is 0.261. The lowest BCUT2D eigenvalue weighted by Gasteiger charge is -2.39. The van der Waals surface area contributed by atoms with E-state index in [9.17, 15) is 10.0 Å². The SMILES string of the molecule is COc1cc(-c2cc(Nc3cnnc4cc(-c5cc(B(O)O)cc6c5-n5nccc5CCO6)ccc34)[nH]n2)c(-c2ccc3c(N)cnnc3c2)cc1B1O[C@]2(C(C)C)CCC[C@]2(C)O1. The van der Waals surface area contributed by atoms with Crippen molar-refractivity contribution >= 4 is 64.2 Å². The van der Waals surface area contributed by atoms with Crippen LogP contribution < -0.4 is 31.4 Å². The summed E-state index contributed by atoms with van der Waals surface area (Å²) in [5.41, 5.74) is 15.4. The number of fused-ring (bicyclic) bond motifs is 6. The van der Waals surface area contributed by atoms with E-state index in [4.69, 9.17) is 29.6 Å². The number of aromatic nitrogens is 8. The maximum atomic E-state index is 10.2. The van der Waals surface area contributed by atoms with Crippen LogP contribution in [0.2, 0.25) is 0 Å². The van der Waals surface area contributed by atoms with Gasteiger partial charge in [-0.3, -0.25) is 5.10 Å². The summed E-state index contributed by atoms with van der Waals surface area (Å²) < 4.78 is 27.9. The van der Waals surface area contributed by atoms with Gasteiger partial charge in [0.1, 0.15) is 23.0 Å². The van der Waals surface area contributed by atoms with Crippen molar-refractivity contribution in [3.63, 3.8) is 0 Å². The van der Waals surface area contributed by atoms with E-state index in [2.05, 4.69) is 62.7 Å². The highest BCUT2D eigenvalue weighted by Crippen LogP contribution is 2.54. The summed E-state index contributed by atoms with van der Waals surface area (Å²) in [4.78, 5) is 0. The maximum Gasteiger partial charge on any atom is 0.498 e. The van der Waals surface area contributed by atoms with E-state index in [1.54, 1.807) is 37.8 Å². The van der Waals surface area contributed by atoms with Crippen LogP contribution in [0, 0.1) is 5.92 Å². The van der Waals surface area contributed by atoms with Crippen LogP contribution in [0.4, 0.5) is 17.2 Å². The average Bonchev–Trinajstić information content (AvgIpc) is 4.07. The Morgan fingerprint density at radius 3 is 2.47 bits per heavy atom. The number of anilines is 3. The first-order valence-corrected chi connectivity index (χ1v) is 21.4. The van der Waals surface area contributed by atoms with Crippen molar-refractivity contribution in [2.24, 2.45) is 5.92 Å². The Hall–Kier alpha value is -6.85. The number of methoxy groups -OCH3 is 1. The summed E-state index contributed by atoms with van der Waals surface area (Å²) in [5, 5.41) is 55.5. The van der Waals surface area contributed by atoms with Gasteiger partial charge in [-0.25, -0.2) is 4.68 Å². The monoisotopic (exact) mass is 854 g/mol. The molecule has 320 valence electrons. The molecule has 2 fully saturated rings. The minimum absolute atomic E-state index is 0.249. The summed E-state index contributed by atoms with van der Waals surface area (Å²) in [5.74, 6) is 1.98. The minimum atomic E-state index is -1.70. The third kappa shape index (κ3) is 6.38. The zero-order valence-electron chi connectivity index (χ0n) is 35.7. The number of rotatable bonds is 9. The molecule has 4 aromatic carbocycles. The number of nitrogen functional groups attached to an aromatic ring is 1. The van der Waals surface area contributed by atoms with Crippen LogP contribution >= 0.6 is 0 Å². The number of benzene rings is 4. The predicted molar refractivity (Wildman–Crippen MR) is 245 cm³/mol. The molecule has 11 rings (SSSR count). The van der Waals surface area contributed by atoms with E-state index in [1.165, 1.54) is 0 Å². The Morgan fingerprint density at radius 1 is 0.906 bits per heavy atom. The summed E-state index contributed by atoms with van der Waals surface area (Å²) in [6.45, 7) is 7.01. The standard InChI is InChI=1S/C46H44B2N10O6/c1-25(2)46-13-5-12-45(46,3)63-48(64-46)35-20-32(26-6-8-30-36(49)23-50-54-37(30)16-26)34(21-41(35)61-4)39-22-43(57-56-39)53-40-24-51-55-38-17-27(7-9-31(38)40)33-18-28(47(59)60)19-42-44(33)58-29(10-14-52-58)11-15-62-42/h6-10,14,16-25,59-60H,5,11-13,15H2,1-4H3,(H2,49,54)(H2,53,55,56,57)/t45-,46-/m0/s1. The van der Waals surface area contributed by atoms with Gasteiger partial charge in [0.05, 0.1) is 65.4 Å². The molecule has 64 heavy (non-hydrogen) atoms. The Morgan fingerprint density at radius 2 is 1.69 bits per heavy atom. The first-order valence-electron chi connectivity index (χ1n) is 21.4. The van der Waals surface area contributed by atoms with Gasteiger partial charge in [0.2, 0.25) is 0 Å². The average molecular weight is 855 g/mol. The van der Waals surface area contributed by atoms with Gasteiger partial charge in [-0.15, -0.1) is 0 Å². The van der Waals surface area contributed by atoms with Gasteiger partial charge in [-0.1, -0.05) is 38.1 Å². The molecule has 0 radical (unpaired) electrons. The fourth-order valence-corrected chi connectivity index (χ4v) is 10.1. The number of ether oxygens (including phenoxy) is 2. The number of H-pyrrole nitrogens is 1. The van der Waals surface area contributed by atoms with Crippen molar-refractivity contribution in [1.29, 1.82) is 0 Å². The second-order valence-corrected chi connectivity index (χ2v) is 17.3. The highest BCUT2D eigenvalue weighted by Gasteiger charge is 2.64. The Kier molecular flexibility index (Phi) is 9.46.